The normalized spacial score (nSPS) is 17.6. The van der Waals surface area contributed by atoms with Gasteiger partial charge in [-0.05, 0) is 20.1 Å². The summed E-state index contributed by atoms with van der Waals surface area (Å²) >= 11 is 1.81. The van der Waals surface area contributed by atoms with Crippen molar-refractivity contribution in [1.29, 1.82) is 0 Å². The number of hydrogen-bond acceptors (Lipinski definition) is 4. The number of nitrogens with zero attached hydrogens (tertiary/aromatic N) is 1. The Kier molecular flexibility index (Phi) is 5.58. The van der Waals surface area contributed by atoms with Crippen LogP contribution in [0.1, 0.15) is 13.8 Å². The fraction of sp³-hybridized carbons (Fsp3) is 0.909. The number of morpholine rings is 1. The third kappa shape index (κ3) is 4.72. The molecular formula is C11H22N2O2S. The predicted octanol–water partition coefficient (Wildman–Crippen LogP) is 0.576. The number of nitrogens with one attached hydrogen (secondary N) is 1. The van der Waals surface area contributed by atoms with Gasteiger partial charge in [-0.3, -0.25) is 4.79 Å². The van der Waals surface area contributed by atoms with E-state index < -0.39 is 0 Å². The molecule has 1 aliphatic heterocycles. The van der Waals surface area contributed by atoms with Crippen molar-refractivity contribution in [3.63, 3.8) is 0 Å². The van der Waals surface area contributed by atoms with Gasteiger partial charge in [-0.2, -0.15) is 11.8 Å². The Morgan fingerprint density at radius 1 is 1.44 bits per heavy atom. The minimum absolute atomic E-state index is 0.181. The second-order valence-electron chi connectivity index (χ2n) is 4.56. The first-order valence-corrected chi connectivity index (χ1v) is 6.89. The molecule has 0 unspecified atom stereocenters. The first-order chi connectivity index (χ1) is 7.55. The first-order valence-electron chi connectivity index (χ1n) is 5.66. The predicted molar refractivity (Wildman–Crippen MR) is 67.9 cm³/mol. The standard InChI is InChI=1S/C11H22N2O2S/c1-11(2,16-3)9-12-8-10(14)13-4-6-15-7-5-13/h12H,4-9H2,1-3H3. The Labute approximate surface area is 102 Å². The number of amides is 1. The molecule has 0 bridgehead atoms. The summed E-state index contributed by atoms with van der Waals surface area (Å²) in [7, 11) is 0. The maximum absolute atomic E-state index is 11.8. The van der Waals surface area contributed by atoms with E-state index in [-0.39, 0.29) is 10.7 Å². The molecule has 0 aromatic rings. The van der Waals surface area contributed by atoms with Gasteiger partial charge in [0.15, 0.2) is 0 Å². The SMILES string of the molecule is CSC(C)(C)CNCC(=O)N1CCOCC1. The minimum atomic E-state index is 0.181. The van der Waals surface area contributed by atoms with E-state index in [1.54, 1.807) is 11.8 Å². The maximum Gasteiger partial charge on any atom is 0.236 e. The van der Waals surface area contributed by atoms with Crippen LogP contribution >= 0.6 is 11.8 Å². The third-order valence-electron chi connectivity index (χ3n) is 2.74. The van der Waals surface area contributed by atoms with Gasteiger partial charge in [0.1, 0.15) is 0 Å². The van der Waals surface area contributed by atoms with Gasteiger partial charge in [-0.1, -0.05) is 0 Å². The lowest BCUT2D eigenvalue weighted by Gasteiger charge is -2.28. The molecule has 0 saturated carbocycles. The highest BCUT2D eigenvalue weighted by atomic mass is 32.2. The molecule has 0 aliphatic carbocycles. The van der Waals surface area contributed by atoms with Crippen LogP contribution < -0.4 is 5.32 Å². The van der Waals surface area contributed by atoms with Gasteiger partial charge in [0.2, 0.25) is 5.91 Å². The number of thioether (sulfide) groups is 1. The molecule has 5 heteroatoms. The van der Waals surface area contributed by atoms with Crippen molar-refractivity contribution in [3.8, 4) is 0 Å². The molecule has 0 atom stereocenters. The van der Waals surface area contributed by atoms with E-state index in [0.717, 1.165) is 19.6 Å². The van der Waals surface area contributed by atoms with Gasteiger partial charge in [0, 0.05) is 24.4 Å². The number of carbonyl (C=O) groups is 1. The Morgan fingerprint density at radius 2 is 2.06 bits per heavy atom. The number of rotatable bonds is 5. The third-order valence-corrected chi connectivity index (χ3v) is 3.99. The van der Waals surface area contributed by atoms with Crippen LogP contribution in [0.3, 0.4) is 0 Å². The van der Waals surface area contributed by atoms with Crippen LogP contribution in [0.4, 0.5) is 0 Å². The van der Waals surface area contributed by atoms with Crippen molar-refractivity contribution in [3.05, 3.63) is 0 Å². The van der Waals surface area contributed by atoms with Crippen LogP contribution in [-0.2, 0) is 9.53 Å². The maximum atomic E-state index is 11.8. The lowest BCUT2D eigenvalue weighted by Crippen LogP contribution is -2.46. The topological polar surface area (TPSA) is 41.6 Å². The molecule has 1 N–H and O–H groups in total. The highest BCUT2D eigenvalue weighted by Crippen LogP contribution is 2.19. The molecule has 1 saturated heterocycles. The van der Waals surface area contributed by atoms with Crippen LogP contribution in [0, 0.1) is 0 Å². The van der Waals surface area contributed by atoms with Crippen LogP contribution in [0.25, 0.3) is 0 Å². The summed E-state index contributed by atoms with van der Waals surface area (Å²) in [6.07, 6.45) is 2.09. The van der Waals surface area contributed by atoms with Gasteiger partial charge >= 0.3 is 0 Å². The average Bonchev–Trinajstić information content (AvgIpc) is 2.30. The lowest BCUT2D eigenvalue weighted by atomic mass is 10.2. The van der Waals surface area contributed by atoms with E-state index in [9.17, 15) is 4.79 Å². The average molecular weight is 246 g/mol. The van der Waals surface area contributed by atoms with Crippen molar-refractivity contribution in [2.45, 2.75) is 18.6 Å². The van der Waals surface area contributed by atoms with Crippen molar-refractivity contribution >= 4 is 17.7 Å². The Hall–Kier alpha value is -0.260. The molecule has 0 radical (unpaired) electrons. The zero-order valence-corrected chi connectivity index (χ0v) is 11.2. The van der Waals surface area contributed by atoms with E-state index in [0.29, 0.717) is 19.8 Å². The van der Waals surface area contributed by atoms with E-state index >= 15 is 0 Å². The number of ether oxygens (including phenoxy) is 1. The van der Waals surface area contributed by atoms with E-state index in [1.165, 1.54) is 0 Å². The molecule has 1 heterocycles. The van der Waals surface area contributed by atoms with Crippen LogP contribution in [0.2, 0.25) is 0 Å². The summed E-state index contributed by atoms with van der Waals surface area (Å²) in [6, 6.07) is 0. The molecule has 1 fully saturated rings. The number of hydrogen-bond donors (Lipinski definition) is 1. The molecule has 1 aliphatic rings. The lowest BCUT2D eigenvalue weighted by molar-refractivity contribution is -0.134. The second kappa shape index (κ2) is 6.47. The van der Waals surface area contributed by atoms with Gasteiger partial charge in [-0.15, -0.1) is 0 Å². The van der Waals surface area contributed by atoms with Gasteiger partial charge in [0.25, 0.3) is 0 Å². The van der Waals surface area contributed by atoms with Crippen molar-refractivity contribution in [1.82, 2.24) is 10.2 Å². The Morgan fingerprint density at radius 3 is 2.62 bits per heavy atom. The first kappa shape index (κ1) is 13.8. The Bertz CT molecular complexity index is 228. The molecule has 94 valence electrons. The summed E-state index contributed by atoms with van der Waals surface area (Å²) in [6.45, 7) is 8.42. The summed E-state index contributed by atoms with van der Waals surface area (Å²) in [5, 5.41) is 3.22. The molecule has 1 amide bonds. The summed E-state index contributed by atoms with van der Waals surface area (Å²) in [4.78, 5) is 13.6. The van der Waals surface area contributed by atoms with Crippen molar-refractivity contribution < 1.29 is 9.53 Å². The molecular weight excluding hydrogens is 224 g/mol. The fourth-order valence-electron chi connectivity index (χ4n) is 1.47. The van der Waals surface area contributed by atoms with Gasteiger partial charge in [0.05, 0.1) is 19.8 Å². The van der Waals surface area contributed by atoms with Crippen molar-refractivity contribution in [2.75, 3.05) is 45.6 Å². The number of carbonyl (C=O) groups excluding carboxylic acids is 1. The van der Waals surface area contributed by atoms with Crippen molar-refractivity contribution in [2.24, 2.45) is 0 Å². The zero-order chi connectivity index (χ0) is 12.0. The monoisotopic (exact) mass is 246 g/mol. The molecule has 0 aromatic heterocycles. The highest BCUT2D eigenvalue weighted by molar-refractivity contribution is 7.99. The van der Waals surface area contributed by atoms with Crippen LogP contribution in [0.15, 0.2) is 0 Å². The molecule has 4 nitrogen and oxygen atoms in total. The quantitative estimate of drug-likeness (QED) is 0.770. The fourth-order valence-corrected chi connectivity index (χ4v) is 1.71. The molecule has 0 aromatic carbocycles. The molecule has 0 spiro atoms. The summed E-state index contributed by atoms with van der Waals surface area (Å²) < 4.78 is 5.39. The zero-order valence-electron chi connectivity index (χ0n) is 10.4. The smallest absolute Gasteiger partial charge is 0.236 e. The largest absolute Gasteiger partial charge is 0.378 e. The van der Waals surface area contributed by atoms with E-state index in [2.05, 4.69) is 25.4 Å². The molecule has 16 heavy (non-hydrogen) atoms. The van der Waals surface area contributed by atoms with E-state index in [4.69, 9.17) is 4.74 Å². The second-order valence-corrected chi connectivity index (χ2v) is 6.07. The van der Waals surface area contributed by atoms with Crippen LogP contribution in [-0.4, -0.2) is 61.2 Å². The highest BCUT2D eigenvalue weighted by Gasteiger charge is 2.19. The van der Waals surface area contributed by atoms with E-state index in [1.807, 2.05) is 4.90 Å². The minimum Gasteiger partial charge on any atom is -0.378 e. The summed E-state index contributed by atoms with van der Waals surface area (Å²) in [5.41, 5.74) is 0. The Balaban J connectivity index is 2.19. The van der Waals surface area contributed by atoms with Gasteiger partial charge < -0.3 is 15.0 Å². The summed E-state index contributed by atoms with van der Waals surface area (Å²) in [5.74, 6) is 0.181. The van der Waals surface area contributed by atoms with Crippen LogP contribution in [0.5, 0.6) is 0 Å². The van der Waals surface area contributed by atoms with Gasteiger partial charge in [-0.25, -0.2) is 0 Å². The molecule has 1 rings (SSSR count).